The van der Waals surface area contributed by atoms with Gasteiger partial charge in [0.15, 0.2) is 5.82 Å². The van der Waals surface area contributed by atoms with Crippen molar-refractivity contribution in [3.63, 3.8) is 0 Å². The predicted octanol–water partition coefficient (Wildman–Crippen LogP) is 2.35. The van der Waals surface area contributed by atoms with E-state index in [0.717, 1.165) is 27.8 Å². The quantitative estimate of drug-likeness (QED) is 0.748. The Balaban J connectivity index is 1.57. The van der Waals surface area contributed by atoms with Crippen molar-refractivity contribution in [3.05, 3.63) is 29.5 Å². The summed E-state index contributed by atoms with van der Waals surface area (Å²) >= 11 is 1.59. The van der Waals surface area contributed by atoms with Gasteiger partial charge in [0.1, 0.15) is 5.01 Å². The van der Waals surface area contributed by atoms with Gasteiger partial charge in [0.2, 0.25) is 4.96 Å². The minimum Gasteiger partial charge on any atom is -0.264 e. The van der Waals surface area contributed by atoms with Gasteiger partial charge in [-0.15, -0.1) is 10.2 Å². The van der Waals surface area contributed by atoms with E-state index in [-0.39, 0.29) is 6.04 Å². The Labute approximate surface area is 138 Å². The molecule has 7 nitrogen and oxygen atoms in total. The fourth-order valence-corrected chi connectivity index (χ4v) is 3.77. The molecule has 4 rings (SSSR count). The molecular formula is C15H19N7S. The molecule has 3 aromatic heterocycles. The van der Waals surface area contributed by atoms with E-state index >= 15 is 0 Å². The van der Waals surface area contributed by atoms with E-state index in [0.29, 0.717) is 6.04 Å². The molecule has 0 aromatic carbocycles. The second-order valence-electron chi connectivity index (χ2n) is 5.82. The highest BCUT2D eigenvalue weighted by molar-refractivity contribution is 7.16. The highest BCUT2D eigenvalue weighted by Gasteiger charge is 2.28. The summed E-state index contributed by atoms with van der Waals surface area (Å²) in [7, 11) is 0. The largest absolute Gasteiger partial charge is 0.264 e. The maximum atomic E-state index is 4.73. The Morgan fingerprint density at radius 1 is 1.35 bits per heavy atom. The summed E-state index contributed by atoms with van der Waals surface area (Å²) < 4.78 is 1.82. The zero-order valence-electron chi connectivity index (χ0n) is 12.9. The van der Waals surface area contributed by atoms with E-state index in [9.17, 15) is 0 Å². The minimum absolute atomic E-state index is 0.241. The average molecular weight is 329 g/mol. The van der Waals surface area contributed by atoms with Gasteiger partial charge in [-0.2, -0.15) is 9.61 Å². The van der Waals surface area contributed by atoms with Crippen LogP contribution in [0.3, 0.4) is 0 Å². The number of fused-ring (bicyclic) bond motifs is 1. The molecule has 1 aliphatic rings. The molecule has 3 aromatic rings. The fraction of sp³-hybridized carbons (Fsp3) is 0.467. The van der Waals surface area contributed by atoms with Crippen molar-refractivity contribution >= 4 is 16.3 Å². The molecule has 1 saturated heterocycles. The van der Waals surface area contributed by atoms with Crippen LogP contribution in [-0.4, -0.2) is 30.8 Å². The molecule has 0 amide bonds. The first kappa shape index (κ1) is 14.7. The van der Waals surface area contributed by atoms with Gasteiger partial charge in [-0.3, -0.25) is 10.4 Å². The van der Waals surface area contributed by atoms with Crippen LogP contribution in [0.15, 0.2) is 24.5 Å². The molecule has 23 heavy (non-hydrogen) atoms. The Hall–Kier alpha value is -1.90. The molecule has 0 bridgehead atoms. The second kappa shape index (κ2) is 6.31. The van der Waals surface area contributed by atoms with Gasteiger partial charge in [0.05, 0.1) is 6.04 Å². The van der Waals surface area contributed by atoms with Gasteiger partial charge in [0, 0.05) is 24.0 Å². The zero-order valence-corrected chi connectivity index (χ0v) is 13.8. The average Bonchev–Trinajstić information content (AvgIpc) is 3.28. The highest BCUT2D eigenvalue weighted by Crippen LogP contribution is 2.29. The van der Waals surface area contributed by atoms with Crippen molar-refractivity contribution in [1.29, 1.82) is 0 Å². The van der Waals surface area contributed by atoms with Gasteiger partial charge >= 0.3 is 0 Å². The van der Waals surface area contributed by atoms with Crippen LogP contribution in [0.25, 0.3) is 16.3 Å². The number of nitrogens with one attached hydrogen (secondary N) is 2. The number of hydrogen-bond donors (Lipinski definition) is 2. The third-order valence-corrected chi connectivity index (χ3v) is 5.12. The Morgan fingerprint density at radius 2 is 2.30 bits per heavy atom. The predicted molar refractivity (Wildman–Crippen MR) is 88.8 cm³/mol. The molecule has 120 valence electrons. The SMILES string of the molecule is CCCCC1CC(c2nn3c(-c4cccnc4)nnc3s2)NN1. The van der Waals surface area contributed by atoms with Gasteiger partial charge in [-0.25, -0.2) is 5.43 Å². The molecule has 0 saturated carbocycles. The van der Waals surface area contributed by atoms with Crippen LogP contribution in [0.1, 0.15) is 43.7 Å². The number of pyridine rings is 1. The van der Waals surface area contributed by atoms with Crippen molar-refractivity contribution < 1.29 is 0 Å². The van der Waals surface area contributed by atoms with Crippen LogP contribution in [0.5, 0.6) is 0 Å². The molecule has 0 aliphatic carbocycles. The maximum absolute atomic E-state index is 4.73. The van der Waals surface area contributed by atoms with Crippen LogP contribution in [0.2, 0.25) is 0 Å². The monoisotopic (exact) mass is 329 g/mol. The Morgan fingerprint density at radius 3 is 3.13 bits per heavy atom. The maximum Gasteiger partial charge on any atom is 0.235 e. The molecule has 0 spiro atoms. The van der Waals surface area contributed by atoms with E-state index in [1.54, 1.807) is 23.7 Å². The summed E-state index contributed by atoms with van der Waals surface area (Å²) in [6, 6.07) is 4.63. The number of unbranched alkanes of at least 4 members (excludes halogenated alkanes) is 1. The van der Waals surface area contributed by atoms with Crippen LogP contribution in [-0.2, 0) is 0 Å². The van der Waals surface area contributed by atoms with E-state index in [4.69, 9.17) is 5.10 Å². The van der Waals surface area contributed by atoms with Crippen LogP contribution < -0.4 is 10.9 Å². The summed E-state index contributed by atoms with van der Waals surface area (Å²) in [6.45, 7) is 2.22. The lowest BCUT2D eigenvalue weighted by Gasteiger charge is -2.06. The van der Waals surface area contributed by atoms with E-state index in [1.807, 2.05) is 16.6 Å². The van der Waals surface area contributed by atoms with Crippen molar-refractivity contribution in [2.24, 2.45) is 0 Å². The number of rotatable bonds is 5. The molecule has 2 N–H and O–H groups in total. The van der Waals surface area contributed by atoms with E-state index < -0.39 is 0 Å². The second-order valence-corrected chi connectivity index (χ2v) is 6.80. The highest BCUT2D eigenvalue weighted by atomic mass is 32.1. The number of nitrogens with zero attached hydrogens (tertiary/aromatic N) is 5. The molecule has 1 fully saturated rings. The lowest BCUT2D eigenvalue weighted by atomic mass is 10.1. The minimum atomic E-state index is 0.241. The molecule has 2 atom stereocenters. The van der Waals surface area contributed by atoms with E-state index in [1.165, 1.54) is 19.3 Å². The van der Waals surface area contributed by atoms with Gasteiger partial charge in [-0.1, -0.05) is 31.1 Å². The van der Waals surface area contributed by atoms with Crippen molar-refractivity contribution in [3.8, 4) is 11.4 Å². The van der Waals surface area contributed by atoms with Crippen LogP contribution in [0, 0.1) is 0 Å². The lowest BCUT2D eigenvalue weighted by Crippen LogP contribution is -2.30. The lowest BCUT2D eigenvalue weighted by molar-refractivity contribution is 0.499. The van der Waals surface area contributed by atoms with Gasteiger partial charge in [-0.05, 0) is 25.0 Å². The Bertz CT molecular complexity index is 782. The van der Waals surface area contributed by atoms with Gasteiger partial charge < -0.3 is 0 Å². The Kier molecular flexibility index (Phi) is 4.02. The summed E-state index contributed by atoms with van der Waals surface area (Å²) in [5.41, 5.74) is 7.68. The first-order valence-corrected chi connectivity index (χ1v) is 8.80. The number of aromatic nitrogens is 5. The summed E-state index contributed by atoms with van der Waals surface area (Å²) in [5, 5.41) is 14.3. The molecule has 8 heteroatoms. The first-order chi connectivity index (χ1) is 11.3. The van der Waals surface area contributed by atoms with Crippen molar-refractivity contribution in [2.75, 3.05) is 0 Å². The molecule has 2 unspecified atom stereocenters. The molecule has 4 heterocycles. The summed E-state index contributed by atoms with van der Waals surface area (Å²) in [4.78, 5) is 4.96. The standard InChI is InChI=1S/C15H19N7S/c1-2-3-6-11-8-12(18-17-11)14-21-22-13(19-20-15(22)23-14)10-5-4-7-16-9-10/h4-5,7,9,11-12,17-18H,2-3,6,8H2,1H3. The third-order valence-electron chi connectivity index (χ3n) is 4.11. The van der Waals surface area contributed by atoms with Crippen LogP contribution in [0.4, 0.5) is 0 Å². The van der Waals surface area contributed by atoms with E-state index in [2.05, 4.69) is 33.0 Å². The van der Waals surface area contributed by atoms with Crippen LogP contribution >= 0.6 is 11.3 Å². The first-order valence-electron chi connectivity index (χ1n) is 7.98. The number of hydrogen-bond acceptors (Lipinski definition) is 7. The fourth-order valence-electron chi connectivity index (χ4n) is 2.87. The normalized spacial score (nSPS) is 21.3. The van der Waals surface area contributed by atoms with Gasteiger partial charge in [0.25, 0.3) is 0 Å². The third kappa shape index (κ3) is 2.85. The molecule has 0 radical (unpaired) electrons. The topological polar surface area (TPSA) is 80.0 Å². The summed E-state index contributed by atoms with van der Waals surface area (Å²) in [5.74, 6) is 0.740. The molecule has 1 aliphatic heterocycles. The summed E-state index contributed by atoms with van der Waals surface area (Å²) in [6.07, 6.45) is 8.28. The smallest absolute Gasteiger partial charge is 0.235 e. The molecular weight excluding hydrogens is 310 g/mol. The number of hydrazine groups is 1. The zero-order chi connectivity index (χ0) is 15.6. The van der Waals surface area contributed by atoms with Crippen molar-refractivity contribution in [2.45, 2.75) is 44.7 Å². The van der Waals surface area contributed by atoms with Crippen molar-refractivity contribution in [1.82, 2.24) is 35.6 Å².